The van der Waals surface area contributed by atoms with Crippen LogP contribution in [-0.2, 0) is 11.5 Å². The maximum atomic E-state index is 11.0. The second kappa shape index (κ2) is 3.63. The highest BCUT2D eigenvalue weighted by Crippen LogP contribution is 2.24. The molecule has 1 radical (unpaired) electrons. The van der Waals surface area contributed by atoms with Crippen molar-refractivity contribution in [3.8, 4) is 0 Å². The SMILES string of the molecule is [O]CC1(Cc2ccccc2)N=NN=N1. The Morgan fingerprint density at radius 2 is 1.71 bits per heavy atom. The molecule has 5 nitrogen and oxygen atoms in total. The molecule has 14 heavy (non-hydrogen) atoms. The summed E-state index contributed by atoms with van der Waals surface area (Å²) in [6.45, 7) is -0.422. The van der Waals surface area contributed by atoms with Crippen molar-refractivity contribution >= 4 is 0 Å². The van der Waals surface area contributed by atoms with E-state index in [1.807, 2.05) is 30.3 Å². The Balaban J connectivity index is 2.17. The van der Waals surface area contributed by atoms with Gasteiger partial charge in [0, 0.05) is 6.42 Å². The summed E-state index contributed by atoms with van der Waals surface area (Å²) in [5.74, 6) is 0. The minimum Gasteiger partial charge on any atom is -0.232 e. The third-order valence-electron chi connectivity index (χ3n) is 2.06. The average molecular weight is 189 g/mol. The molecule has 1 aliphatic rings. The fraction of sp³-hybridized carbons (Fsp3) is 0.333. The van der Waals surface area contributed by atoms with Gasteiger partial charge >= 0.3 is 0 Å². The van der Waals surface area contributed by atoms with Gasteiger partial charge in [0.05, 0.1) is 0 Å². The molecule has 0 bridgehead atoms. The summed E-state index contributed by atoms with van der Waals surface area (Å²) in [7, 11) is 0. The van der Waals surface area contributed by atoms with E-state index in [0.717, 1.165) is 5.56 Å². The van der Waals surface area contributed by atoms with Crippen LogP contribution < -0.4 is 0 Å². The maximum absolute atomic E-state index is 11.0. The Kier molecular flexibility index (Phi) is 2.32. The van der Waals surface area contributed by atoms with Gasteiger partial charge in [0.25, 0.3) is 0 Å². The van der Waals surface area contributed by atoms with Gasteiger partial charge < -0.3 is 0 Å². The monoisotopic (exact) mass is 189 g/mol. The van der Waals surface area contributed by atoms with Gasteiger partial charge in [0.15, 0.2) is 0 Å². The predicted molar refractivity (Wildman–Crippen MR) is 48.1 cm³/mol. The third kappa shape index (κ3) is 1.67. The molecule has 0 saturated carbocycles. The van der Waals surface area contributed by atoms with Crippen LogP contribution >= 0.6 is 0 Å². The molecule has 1 aliphatic heterocycles. The van der Waals surface area contributed by atoms with Gasteiger partial charge in [-0.3, -0.25) is 0 Å². The van der Waals surface area contributed by atoms with E-state index in [0.29, 0.717) is 6.42 Å². The second-order valence-corrected chi connectivity index (χ2v) is 3.17. The van der Waals surface area contributed by atoms with Crippen LogP contribution in [0.3, 0.4) is 0 Å². The Bertz CT molecular complexity index is 348. The summed E-state index contributed by atoms with van der Waals surface area (Å²) >= 11 is 0. The smallest absolute Gasteiger partial charge is 0.225 e. The largest absolute Gasteiger partial charge is 0.232 e. The lowest BCUT2D eigenvalue weighted by molar-refractivity contribution is 0.126. The first-order valence-corrected chi connectivity index (χ1v) is 4.31. The lowest BCUT2D eigenvalue weighted by Gasteiger charge is -2.14. The van der Waals surface area contributed by atoms with Crippen molar-refractivity contribution in [1.29, 1.82) is 0 Å². The van der Waals surface area contributed by atoms with Crippen molar-refractivity contribution in [2.24, 2.45) is 20.7 Å². The van der Waals surface area contributed by atoms with Crippen molar-refractivity contribution in [3.05, 3.63) is 35.9 Å². The molecule has 0 saturated heterocycles. The number of benzene rings is 1. The predicted octanol–water partition coefficient (Wildman–Crippen LogP) is 2.19. The molecule has 0 aliphatic carbocycles. The first kappa shape index (κ1) is 8.96. The Morgan fingerprint density at radius 3 is 2.29 bits per heavy atom. The van der Waals surface area contributed by atoms with E-state index in [9.17, 15) is 5.11 Å². The number of rotatable bonds is 3. The molecule has 71 valence electrons. The molecule has 5 heteroatoms. The van der Waals surface area contributed by atoms with Crippen LogP contribution in [0.5, 0.6) is 0 Å². The van der Waals surface area contributed by atoms with Crippen LogP contribution in [0.4, 0.5) is 0 Å². The van der Waals surface area contributed by atoms with E-state index in [1.54, 1.807) is 0 Å². The Labute approximate surface area is 81.2 Å². The minimum atomic E-state index is -0.999. The van der Waals surface area contributed by atoms with E-state index in [4.69, 9.17) is 0 Å². The molecule has 1 heterocycles. The molecule has 0 unspecified atom stereocenters. The molecular weight excluding hydrogens is 180 g/mol. The first-order chi connectivity index (χ1) is 6.85. The maximum Gasteiger partial charge on any atom is 0.225 e. The first-order valence-electron chi connectivity index (χ1n) is 4.31. The highest BCUT2D eigenvalue weighted by atomic mass is 16.3. The summed E-state index contributed by atoms with van der Waals surface area (Å²) in [5.41, 5.74) is 0.0181. The Morgan fingerprint density at radius 1 is 1.07 bits per heavy atom. The number of hydrogen-bond acceptors (Lipinski definition) is 4. The highest BCUT2D eigenvalue weighted by molar-refractivity contribution is 5.17. The van der Waals surface area contributed by atoms with E-state index < -0.39 is 12.3 Å². The van der Waals surface area contributed by atoms with Gasteiger partial charge in [-0.1, -0.05) is 30.3 Å². The van der Waals surface area contributed by atoms with Crippen LogP contribution in [0.15, 0.2) is 51.0 Å². The second-order valence-electron chi connectivity index (χ2n) is 3.17. The van der Waals surface area contributed by atoms with Crippen molar-refractivity contribution in [2.45, 2.75) is 12.1 Å². The summed E-state index contributed by atoms with van der Waals surface area (Å²) in [6, 6.07) is 9.61. The fourth-order valence-electron chi connectivity index (χ4n) is 1.33. The van der Waals surface area contributed by atoms with Crippen molar-refractivity contribution in [3.63, 3.8) is 0 Å². The molecule has 0 spiro atoms. The van der Waals surface area contributed by atoms with Crippen LogP contribution in [0.25, 0.3) is 0 Å². The zero-order valence-corrected chi connectivity index (χ0v) is 7.50. The highest BCUT2D eigenvalue weighted by Gasteiger charge is 2.33. The lowest BCUT2D eigenvalue weighted by atomic mass is 10.0. The minimum absolute atomic E-state index is 0.422. The number of nitrogens with zero attached hydrogens (tertiary/aromatic N) is 4. The third-order valence-corrected chi connectivity index (χ3v) is 2.06. The molecular formula is C9H9N4O. The van der Waals surface area contributed by atoms with Crippen molar-refractivity contribution in [2.75, 3.05) is 6.61 Å². The summed E-state index contributed by atoms with van der Waals surface area (Å²) < 4.78 is 0. The van der Waals surface area contributed by atoms with Crippen LogP contribution in [0, 0.1) is 0 Å². The molecule has 0 atom stereocenters. The van der Waals surface area contributed by atoms with Gasteiger partial charge in [0.2, 0.25) is 5.66 Å². The van der Waals surface area contributed by atoms with Gasteiger partial charge in [0.1, 0.15) is 6.61 Å². The van der Waals surface area contributed by atoms with Crippen molar-refractivity contribution < 1.29 is 5.11 Å². The van der Waals surface area contributed by atoms with Gasteiger partial charge in [-0.2, -0.15) is 0 Å². The molecule has 0 aromatic heterocycles. The standard InChI is InChI=1S/C9H9N4O/c14-7-9(10-12-13-11-9)6-8-4-2-1-3-5-8/h1-5H,6-7H2. The lowest BCUT2D eigenvalue weighted by Crippen LogP contribution is -2.28. The van der Waals surface area contributed by atoms with Gasteiger partial charge in [-0.15, -0.1) is 10.2 Å². The average Bonchev–Trinajstić information content (AvgIpc) is 2.69. The van der Waals surface area contributed by atoms with E-state index in [-0.39, 0.29) is 0 Å². The molecule has 0 fully saturated rings. The quantitative estimate of drug-likeness (QED) is 0.699. The molecule has 1 aromatic rings. The van der Waals surface area contributed by atoms with E-state index in [1.165, 1.54) is 0 Å². The summed E-state index contributed by atoms with van der Waals surface area (Å²) in [6.07, 6.45) is 0.463. The normalized spacial score (nSPS) is 17.5. The van der Waals surface area contributed by atoms with Gasteiger partial charge in [-0.25, -0.2) is 5.11 Å². The van der Waals surface area contributed by atoms with Crippen LogP contribution in [0.2, 0.25) is 0 Å². The zero-order valence-electron chi connectivity index (χ0n) is 7.50. The molecule has 2 rings (SSSR count). The topological polar surface area (TPSA) is 69.3 Å². The van der Waals surface area contributed by atoms with Crippen LogP contribution in [-0.4, -0.2) is 12.3 Å². The van der Waals surface area contributed by atoms with Crippen LogP contribution in [0.1, 0.15) is 5.56 Å². The summed E-state index contributed by atoms with van der Waals surface area (Å²) in [5, 5.41) is 25.2. The number of hydrogen-bond donors (Lipinski definition) is 0. The molecule has 0 N–H and O–H groups in total. The molecule has 0 amide bonds. The van der Waals surface area contributed by atoms with E-state index >= 15 is 0 Å². The fourth-order valence-corrected chi connectivity index (χ4v) is 1.33. The van der Waals surface area contributed by atoms with E-state index in [2.05, 4.69) is 20.7 Å². The van der Waals surface area contributed by atoms with Gasteiger partial charge in [-0.05, 0) is 16.0 Å². The zero-order chi connectivity index (χ0) is 9.86. The molecule has 1 aromatic carbocycles. The van der Waals surface area contributed by atoms with Crippen molar-refractivity contribution in [1.82, 2.24) is 0 Å². The Hall–Kier alpha value is -1.62. The summed E-state index contributed by atoms with van der Waals surface area (Å²) in [4.78, 5) is 0.